The number of aromatic nitrogens is 2. The molecule has 8 heteroatoms. The van der Waals surface area contributed by atoms with Crippen LogP contribution in [0.25, 0.3) is 5.69 Å². The number of benzene rings is 1. The van der Waals surface area contributed by atoms with Crippen LogP contribution in [-0.4, -0.2) is 50.0 Å². The maximum absolute atomic E-state index is 11.4. The van der Waals surface area contributed by atoms with E-state index in [9.17, 15) is 8.42 Å². The van der Waals surface area contributed by atoms with Crippen molar-refractivity contribution in [1.82, 2.24) is 9.78 Å². The zero-order valence-electron chi connectivity index (χ0n) is 14.7. The van der Waals surface area contributed by atoms with Crippen LogP contribution in [0.3, 0.4) is 0 Å². The van der Waals surface area contributed by atoms with Crippen LogP contribution in [0.4, 0.5) is 0 Å². The van der Waals surface area contributed by atoms with Crippen LogP contribution >= 0.6 is 11.6 Å². The predicted octanol–water partition coefficient (Wildman–Crippen LogP) is 2.99. The quantitative estimate of drug-likeness (QED) is 0.717. The monoisotopic (exact) mass is 398 g/mol. The van der Waals surface area contributed by atoms with Gasteiger partial charge in [0.2, 0.25) is 0 Å². The second-order valence-corrected chi connectivity index (χ2v) is 9.41. The Morgan fingerprint density at radius 1 is 1.31 bits per heavy atom. The van der Waals surface area contributed by atoms with Crippen LogP contribution in [-0.2, 0) is 14.6 Å². The lowest BCUT2D eigenvalue weighted by Crippen LogP contribution is -2.33. The fourth-order valence-electron chi connectivity index (χ4n) is 3.09. The molecule has 0 radical (unpaired) electrons. The molecule has 1 saturated heterocycles. The molecular weight excluding hydrogens is 376 g/mol. The van der Waals surface area contributed by atoms with Gasteiger partial charge in [-0.05, 0) is 43.0 Å². The summed E-state index contributed by atoms with van der Waals surface area (Å²) in [6.07, 6.45) is 6.11. The van der Waals surface area contributed by atoms with E-state index in [1.807, 2.05) is 24.3 Å². The number of sulfone groups is 1. The molecule has 1 aliphatic rings. The Bertz CT molecular complexity index is 820. The van der Waals surface area contributed by atoms with Gasteiger partial charge < -0.3 is 9.47 Å². The van der Waals surface area contributed by atoms with Gasteiger partial charge in [0, 0.05) is 31.6 Å². The molecular formula is C18H23ClN2O4S. The number of nitrogens with zero attached hydrogens (tertiary/aromatic N) is 2. The van der Waals surface area contributed by atoms with Gasteiger partial charge in [0.15, 0.2) is 0 Å². The molecule has 0 spiro atoms. The molecule has 1 aliphatic heterocycles. The summed E-state index contributed by atoms with van der Waals surface area (Å²) >= 11 is 5.89. The van der Waals surface area contributed by atoms with Gasteiger partial charge in [0.1, 0.15) is 15.6 Å². The Morgan fingerprint density at radius 2 is 2.08 bits per heavy atom. The van der Waals surface area contributed by atoms with Crippen molar-refractivity contribution < 1.29 is 17.9 Å². The zero-order chi connectivity index (χ0) is 18.6. The van der Waals surface area contributed by atoms with Crippen molar-refractivity contribution in [3.8, 4) is 11.4 Å². The molecule has 26 heavy (non-hydrogen) atoms. The molecule has 0 amide bonds. The van der Waals surface area contributed by atoms with Crippen molar-refractivity contribution in [3.63, 3.8) is 0 Å². The van der Waals surface area contributed by atoms with Crippen LogP contribution in [0, 0.1) is 11.8 Å². The average Bonchev–Trinajstić information content (AvgIpc) is 3.05. The zero-order valence-corrected chi connectivity index (χ0v) is 16.2. The maximum Gasteiger partial charge on any atom is 0.147 e. The molecule has 0 unspecified atom stereocenters. The number of ether oxygens (including phenoxy) is 2. The first-order valence-electron chi connectivity index (χ1n) is 8.59. The topological polar surface area (TPSA) is 70.4 Å². The smallest absolute Gasteiger partial charge is 0.147 e. The summed E-state index contributed by atoms with van der Waals surface area (Å²) in [7, 11) is -2.96. The lowest BCUT2D eigenvalue weighted by molar-refractivity contribution is -0.000149. The highest BCUT2D eigenvalue weighted by molar-refractivity contribution is 7.90. The summed E-state index contributed by atoms with van der Waals surface area (Å²) in [5, 5.41) is 4.75. The van der Waals surface area contributed by atoms with E-state index in [0.717, 1.165) is 17.9 Å². The molecule has 142 valence electrons. The molecule has 0 bridgehead atoms. The number of rotatable bonds is 7. The second kappa shape index (κ2) is 8.41. The lowest BCUT2D eigenvalue weighted by atomic mass is 9.87. The Balaban J connectivity index is 1.56. The third-order valence-electron chi connectivity index (χ3n) is 4.61. The fourth-order valence-corrected chi connectivity index (χ4v) is 3.95. The highest BCUT2D eigenvalue weighted by atomic mass is 35.5. The molecule has 0 N–H and O–H groups in total. The molecule has 1 aromatic carbocycles. The van der Waals surface area contributed by atoms with Crippen molar-refractivity contribution in [2.45, 2.75) is 12.8 Å². The summed E-state index contributed by atoms with van der Waals surface area (Å²) in [4.78, 5) is 0. The van der Waals surface area contributed by atoms with Crippen molar-refractivity contribution >= 4 is 21.4 Å². The standard InChI is InChI=1S/C18H23ClN2O4S/c1-26(22,23)9-7-15-12-24-8-6-14(15)13-25-18-4-2-17(3-5-18)21-11-16(19)10-20-21/h2-5,10-11,14-15H,6-9,12-13H2,1H3/t14-,15+/m1/s1. The maximum atomic E-state index is 11.4. The summed E-state index contributed by atoms with van der Waals surface area (Å²) in [6.45, 7) is 1.86. The number of hydrogen-bond donors (Lipinski definition) is 0. The molecule has 2 aromatic rings. The van der Waals surface area contributed by atoms with E-state index < -0.39 is 9.84 Å². The van der Waals surface area contributed by atoms with Crippen molar-refractivity contribution in [2.24, 2.45) is 11.8 Å². The van der Waals surface area contributed by atoms with Crippen molar-refractivity contribution in [1.29, 1.82) is 0 Å². The van der Waals surface area contributed by atoms with Gasteiger partial charge in [-0.3, -0.25) is 0 Å². The van der Waals surface area contributed by atoms with Gasteiger partial charge in [-0.2, -0.15) is 5.10 Å². The first-order chi connectivity index (χ1) is 12.4. The van der Waals surface area contributed by atoms with E-state index in [1.165, 1.54) is 6.26 Å². The van der Waals surface area contributed by atoms with E-state index >= 15 is 0 Å². The van der Waals surface area contributed by atoms with E-state index in [0.29, 0.717) is 37.2 Å². The number of halogens is 1. The van der Waals surface area contributed by atoms with Gasteiger partial charge in [-0.25, -0.2) is 13.1 Å². The third-order valence-corrected chi connectivity index (χ3v) is 5.78. The molecule has 2 heterocycles. The van der Waals surface area contributed by atoms with E-state index in [2.05, 4.69) is 5.10 Å². The van der Waals surface area contributed by atoms with Gasteiger partial charge >= 0.3 is 0 Å². The van der Waals surface area contributed by atoms with Crippen LogP contribution in [0.1, 0.15) is 12.8 Å². The average molecular weight is 399 g/mol. The highest BCUT2D eigenvalue weighted by Gasteiger charge is 2.27. The van der Waals surface area contributed by atoms with Crippen LogP contribution in [0.15, 0.2) is 36.7 Å². The first kappa shape index (κ1) is 19.2. The second-order valence-electron chi connectivity index (χ2n) is 6.71. The lowest BCUT2D eigenvalue weighted by Gasteiger charge is -2.31. The minimum Gasteiger partial charge on any atom is -0.493 e. The molecule has 0 aliphatic carbocycles. The van der Waals surface area contributed by atoms with Gasteiger partial charge in [0.25, 0.3) is 0 Å². The number of hydrogen-bond acceptors (Lipinski definition) is 5. The van der Waals surface area contributed by atoms with Crippen LogP contribution in [0.5, 0.6) is 5.75 Å². The first-order valence-corrected chi connectivity index (χ1v) is 11.0. The Labute approximate surface area is 159 Å². The van der Waals surface area contributed by atoms with Crippen molar-refractivity contribution in [3.05, 3.63) is 41.7 Å². The van der Waals surface area contributed by atoms with Crippen molar-refractivity contribution in [2.75, 3.05) is 31.8 Å². The van der Waals surface area contributed by atoms with Gasteiger partial charge in [-0.1, -0.05) is 11.6 Å². The van der Waals surface area contributed by atoms with E-state index in [-0.39, 0.29) is 11.7 Å². The SMILES string of the molecule is CS(=O)(=O)CC[C@H]1COCC[C@@H]1COc1ccc(-n2cc(Cl)cn2)cc1. The molecule has 6 nitrogen and oxygen atoms in total. The molecule has 0 saturated carbocycles. The highest BCUT2D eigenvalue weighted by Crippen LogP contribution is 2.27. The normalized spacial score (nSPS) is 20.8. The summed E-state index contributed by atoms with van der Waals surface area (Å²) < 4.78 is 36.0. The Morgan fingerprint density at radius 3 is 2.73 bits per heavy atom. The summed E-state index contributed by atoms with van der Waals surface area (Å²) in [5.41, 5.74) is 0.904. The minimum absolute atomic E-state index is 0.193. The minimum atomic E-state index is -2.96. The van der Waals surface area contributed by atoms with E-state index in [4.69, 9.17) is 21.1 Å². The fraction of sp³-hybridized carbons (Fsp3) is 0.500. The Hall–Kier alpha value is -1.57. The summed E-state index contributed by atoms with van der Waals surface area (Å²) in [5.74, 6) is 1.48. The van der Waals surface area contributed by atoms with Gasteiger partial charge in [0.05, 0.1) is 29.3 Å². The van der Waals surface area contributed by atoms with Crippen LogP contribution < -0.4 is 4.74 Å². The summed E-state index contributed by atoms with van der Waals surface area (Å²) in [6, 6.07) is 7.64. The largest absolute Gasteiger partial charge is 0.493 e. The molecule has 1 aromatic heterocycles. The van der Waals surface area contributed by atoms with E-state index in [1.54, 1.807) is 17.1 Å². The van der Waals surface area contributed by atoms with Gasteiger partial charge in [-0.15, -0.1) is 0 Å². The molecule has 3 rings (SSSR count). The van der Waals surface area contributed by atoms with Crippen LogP contribution in [0.2, 0.25) is 5.02 Å². The molecule has 1 fully saturated rings. The third kappa shape index (κ3) is 5.46. The predicted molar refractivity (Wildman–Crippen MR) is 101 cm³/mol. The molecule has 2 atom stereocenters. The Kier molecular flexibility index (Phi) is 6.21.